The molecule has 1 rings (SSSR count). The zero-order chi connectivity index (χ0) is 13.1. The molecule has 0 saturated carbocycles. The van der Waals surface area contributed by atoms with Crippen LogP contribution in [0.2, 0.25) is 0 Å². The smallest absolute Gasteiger partial charge is 0.433 e. The molecule has 0 amide bonds. The van der Waals surface area contributed by atoms with Gasteiger partial charge in [-0.2, -0.15) is 0 Å². The maximum absolute atomic E-state index is 11.0. The standard InChI is InChI=1S/C10H13NO3S4/c12-10(13-5-7-16-15)14-6-8-17-18-9-3-1-2-4-11-9/h1-4,15H,5-8H2. The minimum atomic E-state index is -0.624. The summed E-state index contributed by atoms with van der Waals surface area (Å²) < 4.78 is 9.66. The molecule has 0 saturated heterocycles. The summed E-state index contributed by atoms with van der Waals surface area (Å²) >= 11 is 3.93. The first-order valence-electron chi connectivity index (χ1n) is 5.09. The van der Waals surface area contributed by atoms with Crippen LogP contribution in [-0.4, -0.2) is 35.9 Å². The lowest BCUT2D eigenvalue weighted by Gasteiger charge is -2.04. The highest BCUT2D eigenvalue weighted by Crippen LogP contribution is 2.28. The van der Waals surface area contributed by atoms with E-state index in [-0.39, 0.29) is 0 Å². The SMILES string of the molecule is O=C(OCCSS)OCCSSc1ccccn1. The third-order valence-corrected chi connectivity index (χ3v) is 4.69. The van der Waals surface area contributed by atoms with Gasteiger partial charge in [-0.15, -0.1) is 11.7 Å². The molecule has 0 aromatic carbocycles. The Kier molecular flexibility index (Phi) is 9.45. The van der Waals surface area contributed by atoms with Crippen LogP contribution >= 0.6 is 44.0 Å². The molecule has 100 valence electrons. The summed E-state index contributed by atoms with van der Waals surface area (Å²) in [6.45, 7) is 0.653. The van der Waals surface area contributed by atoms with E-state index in [9.17, 15) is 4.79 Å². The van der Waals surface area contributed by atoms with Crippen LogP contribution in [0.25, 0.3) is 0 Å². The van der Waals surface area contributed by atoms with Gasteiger partial charge in [-0.25, -0.2) is 9.78 Å². The van der Waals surface area contributed by atoms with Crippen molar-refractivity contribution in [2.75, 3.05) is 24.7 Å². The minimum absolute atomic E-state index is 0.322. The number of carbonyl (C=O) groups excluding carboxylic acids is 1. The van der Waals surface area contributed by atoms with Crippen LogP contribution in [0.15, 0.2) is 29.4 Å². The van der Waals surface area contributed by atoms with Crippen LogP contribution in [0.4, 0.5) is 4.79 Å². The van der Waals surface area contributed by atoms with Gasteiger partial charge in [0.15, 0.2) is 0 Å². The zero-order valence-electron chi connectivity index (χ0n) is 9.48. The molecule has 0 spiro atoms. The molecule has 0 bridgehead atoms. The number of nitrogens with zero attached hydrogens (tertiary/aromatic N) is 1. The van der Waals surface area contributed by atoms with Crippen LogP contribution in [0.3, 0.4) is 0 Å². The van der Waals surface area contributed by atoms with E-state index in [4.69, 9.17) is 9.47 Å². The third-order valence-electron chi connectivity index (χ3n) is 1.56. The number of pyridine rings is 1. The van der Waals surface area contributed by atoms with Gasteiger partial charge in [0.25, 0.3) is 0 Å². The highest BCUT2D eigenvalue weighted by atomic mass is 33.1. The van der Waals surface area contributed by atoms with Gasteiger partial charge < -0.3 is 9.47 Å². The van der Waals surface area contributed by atoms with Crippen LogP contribution in [0, 0.1) is 0 Å². The summed E-state index contributed by atoms with van der Waals surface area (Å²) in [7, 11) is 4.46. The number of thiol groups is 1. The molecule has 0 aliphatic rings. The van der Waals surface area contributed by atoms with Crippen LogP contribution in [0.5, 0.6) is 0 Å². The van der Waals surface area contributed by atoms with Gasteiger partial charge in [-0.05, 0) is 22.9 Å². The van der Waals surface area contributed by atoms with E-state index in [1.807, 2.05) is 18.2 Å². The molecule has 1 aromatic rings. The fourth-order valence-electron chi connectivity index (χ4n) is 0.861. The first kappa shape index (κ1) is 15.9. The molecule has 1 aromatic heterocycles. The van der Waals surface area contributed by atoms with Gasteiger partial charge in [0.2, 0.25) is 0 Å². The molecule has 0 N–H and O–H groups in total. The molecule has 0 atom stereocenters. The molecule has 0 aliphatic carbocycles. The molecule has 18 heavy (non-hydrogen) atoms. The van der Waals surface area contributed by atoms with Crippen molar-refractivity contribution in [1.82, 2.24) is 4.98 Å². The van der Waals surface area contributed by atoms with Crippen molar-refractivity contribution >= 4 is 50.2 Å². The number of hydrogen-bond acceptors (Lipinski definition) is 8. The fourth-order valence-corrected chi connectivity index (χ4v) is 2.95. The zero-order valence-corrected chi connectivity index (χ0v) is 12.8. The third kappa shape index (κ3) is 8.02. The predicted octanol–water partition coefficient (Wildman–Crippen LogP) is 3.55. The Morgan fingerprint density at radius 1 is 1.28 bits per heavy atom. The number of carbonyl (C=O) groups is 1. The monoisotopic (exact) mass is 323 g/mol. The number of ether oxygens (including phenoxy) is 2. The Hall–Kier alpha value is -0.180. The van der Waals surface area contributed by atoms with Crippen molar-refractivity contribution < 1.29 is 14.3 Å². The van der Waals surface area contributed by atoms with E-state index in [1.54, 1.807) is 27.8 Å². The van der Waals surface area contributed by atoms with Crippen molar-refractivity contribution in [3.8, 4) is 0 Å². The van der Waals surface area contributed by atoms with Crippen molar-refractivity contribution in [2.24, 2.45) is 0 Å². The van der Waals surface area contributed by atoms with Crippen molar-refractivity contribution in [3.05, 3.63) is 24.4 Å². The first-order valence-corrected chi connectivity index (χ1v) is 9.45. The average Bonchev–Trinajstić information content (AvgIpc) is 2.40. The second-order valence-electron chi connectivity index (χ2n) is 2.85. The maximum Gasteiger partial charge on any atom is 0.508 e. The number of hydrogen-bond donors (Lipinski definition) is 1. The Balaban J connectivity index is 1.97. The normalized spacial score (nSPS) is 10.1. The molecule has 1 heterocycles. The van der Waals surface area contributed by atoms with Crippen LogP contribution in [0.1, 0.15) is 0 Å². The topological polar surface area (TPSA) is 48.4 Å². The molecule has 4 nitrogen and oxygen atoms in total. The van der Waals surface area contributed by atoms with Crippen molar-refractivity contribution in [3.63, 3.8) is 0 Å². The van der Waals surface area contributed by atoms with Gasteiger partial charge in [0, 0.05) is 17.7 Å². The molecule has 0 aliphatic heterocycles. The van der Waals surface area contributed by atoms with E-state index in [1.165, 1.54) is 10.8 Å². The quantitative estimate of drug-likeness (QED) is 0.340. The van der Waals surface area contributed by atoms with Crippen molar-refractivity contribution in [2.45, 2.75) is 5.03 Å². The fraction of sp³-hybridized carbons (Fsp3) is 0.400. The summed E-state index contributed by atoms with van der Waals surface area (Å²) in [5.74, 6) is 1.35. The summed E-state index contributed by atoms with van der Waals surface area (Å²) in [5, 5.41) is 0.941. The van der Waals surface area contributed by atoms with E-state index in [0.717, 1.165) is 5.03 Å². The lowest BCUT2D eigenvalue weighted by Crippen LogP contribution is -2.11. The Morgan fingerprint density at radius 3 is 2.72 bits per heavy atom. The van der Waals surface area contributed by atoms with Gasteiger partial charge in [0.05, 0.1) is 0 Å². The van der Waals surface area contributed by atoms with E-state index in [0.29, 0.717) is 24.7 Å². The van der Waals surface area contributed by atoms with Crippen LogP contribution in [-0.2, 0) is 9.47 Å². The largest absolute Gasteiger partial charge is 0.508 e. The maximum atomic E-state index is 11.0. The highest BCUT2D eigenvalue weighted by molar-refractivity contribution is 8.76. The van der Waals surface area contributed by atoms with Crippen LogP contribution < -0.4 is 0 Å². The molecule has 0 radical (unpaired) electrons. The summed E-state index contributed by atoms with van der Waals surface area (Å²) in [6.07, 6.45) is 1.12. The van der Waals surface area contributed by atoms with Crippen molar-refractivity contribution in [1.29, 1.82) is 0 Å². The van der Waals surface area contributed by atoms with Gasteiger partial charge in [-0.1, -0.05) is 27.7 Å². The lowest BCUT2D eigenvalue weighted by atomic mass is 10.5. The Morgan fingerprint density at radius 2 is 2.06 bits per heavy atom. The van der Waals surface area contributed by atoms with Gasteiger partial charge in [0.1, 0.15) is 18.2 Å². The first-order chi connectivity index (χ1) is 8.83. The minimum Gasteiger partial charge on any atom is -0.433 e. The molecule has 8 heteroatoms. The Bertz CT molecular complexity index is 339. The molecular weight excluding hydrogens is 310 g/mol. The summed E-state index contributed by atoms with van der Waals surface area (Å²) in [6, 6.07) is 5.74. The molecule has 0 fully saturated rings. The Labute approximate surface area is 123 Å². The second-order valence-corrected chi connectivity index (χ2v) is 6.73. The molecule has 0 unspecified atom stereocenters. The van der Waals surface area contributed by atoms with Gasteiger partial charge >= 0.3 is 6.16 Å². The average molecular weight is 323 g/mol. The highest BCUT2D eigenvalue weighted by Gasteiger charge is 2.03. The summed E-state index contributed by atoms with van der Waals surface area (Å²) in [5.41, 5.74) is 0. The van der Waals surface area contributed by atoms with Gasteiger partial charge in [-0.3, -0.25) is 0 Å². The number of rotatable bonds is 8. The second kappa shape index (κ2) is 10.7. The molecular formula is C10H13NO3S4. The number of aromatic nitrogens is 1. The summed E-state index contributed by atoms with van der Waals surface area (Å²) in [4.78, 5) is 15.2. The van der Waals surface area contributed by atoms with E-state index >= 15 is 0 Å². The lowest BCUT2D eigenvalue weighted by molar-refractivity contribution is 0.0646. The van der Waals surface area contributed by atoms with E-state index < -0.39 is 6.16 Å². The predicted molar refractivity (Wildman–Crippen MR) is 81.3 cm³/mol. The van der Waals surface area contributed by atoms with E-state index in [2.05, 4.69) is 16.6 Å².